The highest BCUT2D eigenvalue weighted by Gasteiger charge is 2.23. The van der Waals surface area contributed by atoms with Crippen molar-refractivity contribution in [1.82, 2.24) is 10.6 Å². The number of hydrogen-bond acceptors (Lipinski definition) is 3. The molecule has 0 spiro atoms. The van der Waals surface area contributed by atoms with E-state index in [9.17, 15) is 9.59 Å². The second-order valence-electron chi connectivity index (χ2n) is 6.30. The lowest BCUT2D eigenvalue weighted by Crippen LogP contribution is -2.30. The van der Waals surface area contributed by atoms with Crippen molar-refractivity contribution in [3.8, 4) is 0 Å². The van der Waals surface area contributed by atoms with Crippen LogP contribution in [0.15, 0.2) is 41.0 Å². The summed E-state index contributed by atoms with van der Waals surface area (Å²) in [4.78, 5) is 24.1. The first-order valence-electron chi connectivity index (χ1n) is 8.61. The third-order valence-corrected chi connectivity index (χ3v) is 4.24. The van der Waals surface area contributed by atoms with Gasteiger partial charge in [-0.25, -0.2) is 4.79 Å². The van der Waals surface area contributed by atoms with Crippen molar-refractivity contribution in [2.75, 3.05) is 5.32 Å². The van der Waals surface area contributed by atoms with Crippen molar-refractivity contribution >= 4 is 17.6 Å². The predicted molar refractivity (Wildman–Crippen MR) is 95.6 cm³/mol. The van der Waals surface area contributed by atoms with Gasteiger partial charge in [-0.15, -0.1) is 0 Å². The molecule has 1 saturated carbocycles. The van der Waals surface area contributed by atoms with Gasteiger partial charge in [-0.2, -0.15) is 0 Å². The van der Waals surface area contributed by atoms with Crippen LogP contribution >= 0.6 is 0 Å². The van der Waals surface area contributed by atoms with E-state index in [1.165, 1.54) is 6.26 Å². The fourth-order valence-electron chi connectivity index (χ4n) is 2.61. The van der Waals surface area contributed by atoms with Crippen LogP contribution in [0.4, 0.5) is 10.5 Å². The Bertz CT molecular complexity index is 748. The summed E-state index contributed by atoms with van der Waals surface area (Å²) in [6.45, 7) is 3.87. The summed E-state index contributed by atoms with van der Waals surface area (Å²) in [6.07, 6.45) is 4.32. The summed E-state index contributed by atoms with van der Waals surface area (Å²) in [5.74, 6) is 0.537. The van der Waals surface area contributed by atoms with Crippen molar-refractivity contribution in [1.29, 1.82) is 0 Å². The first-order valence-corrected chi connectivity index (χ1v) is 8.61. The maximum Gasteiger partial charge on any atom is 0.319 e. The molecule has 1 aliphatic carbocycles. The zero-order valence-corrected chi connectivity index (χ0v) is 14.5. The number of anilines is 1. The molecule has 3 N–H and O–H groups in total. The molecule has 25 heavy (non-hydrogen) atoms. The molecule has 1 fully saturated rings. The third kappa shape index (κ3) is 4.41. The van der Waals surface area contributed by atoms with E-state index in [2.05, 4.69) is 16.0 Å². The molecule has 1 aromatic carbocycles. The molecule has 1 atom stereocenters. The number of nitrogens with one attached hydrogen (secondary N) is 3. The van der Waals surface area contributed by atoms with E-state index in [4.69, 9.17) is 4.42 Å². The summed E-state index contributed by atoms with van der Waals surface area (Å²) in [7, 11) is 0. The zero-order chi connectivity index (χ0) is 17.8. The molecule has 0 radical (unpaired) electrons. The van der Waals surface area contributed by atoms with Crippen molar-refractivity contribution in [2.24, 2.45) is 0 Å². The van der Waals surface area contributed by atoms with Crippen LogP contribution in [0.1, 0.15) is 54.4 Å². The highest BCUT2D eigenvalue weighted by atomic mass is 16.3. The number of hydrogen-bond donors (Lipinski definition) is 3. The number of amides is 3. The van der Waals surface area contributed by atoms with E-state index >= 15 is 0 Å². The Morgan fingerprint density at radius 3 is 2.56 bits per heavy atom. The molecule has 3 amide bonds. The Hall–Kier alpha value is -2.76. The fourth-order valence-corrected chi connectivity index (χ4v) is 2.61. The molecule has 0 aliphatic heterocycles. The van der Waals surface area contributed by atoms with Crippen LogP contribution in [0.5, 0.6) is 0 Å². The summed E-state index contributed by atoms with van der Waals surface area (Å²) in [6, 6.07) is 9.14. The minimum absolute atomic E-state index is 0.149. The van der Waals surface area contributed by atoms with E-state index < -0.39 is 0 Å². The van der Waals surface area contributed by atoms with Gasteiger partial charge in [0.05, 0.1) is 17.9 Å². The lowest BCUT2D eigenvalue weighted by Gasteiger charge is -2.15. The monoisotopic (exact) mass is 341 g/mol. The standard InChI is InChI=1S/C19H23N3O3/c1-3-17-16(10-11-25-17)18(23)20-12(2)13-4-6-14(7-5-13)21-19(24)22-15-8-9-15/h4-7,10-12,15H,3,8-9H2,1-2H3,(H,20,23)(H2,21,22,24). The van der Waals surface area contributed by atoms with E-state index in [0.29, 0.717) is 23.8 Å². The topological polar surface area (TPSA) is 83.4 Å². The van der Waals surface area contributed by atoms with Gasteiger partial charge in [-0.3, -0.25) is 4.79 Å². The summed E-state index contributed by atoms with van der Waals surface area (Å²) >= 11 is 0. The Labute approximate surface area is 147 Å². The van der Waals surface area contributed by atoms with Crippen molar-refractivity contribution in [3.05, 3.63) is 53.5 Å². The highest BCUT2D eigenvalue weighted by Crippen LogP contribution is 2.20. The number of carbonyl (C=O) groups excluding carboxylic acids is 2. The van der Waals surface area contributed by atoms with Crippen LogP contribution in [0.2, 0.25) is 0 Å². The Kier molecular flexibility index (Phi) is 5.07. The van der Waals surface area contributed by atoms with Gasteiger partial charge in [0.1, 0.15) is 5.76 Å². The minimum atomic E-state index is -0.177. The molecule has 6 nitrogen and oxygen atoms in total. The maximum atomic E-state index is 12.4. The van der Waals surface area contributed by atoms with Gasteiger partial charge in [-0.05, 0) is 43.5 Å². The van der Waals surface area contributed by atoms with E-state index in [1.807, 2.05) is 38.1 Å². The van der Waals surface area contributed by atoms with Crippen molar-refractivity contribution < 1.29 is 14.0 Å². The molecule has 3 rings (SSSR count). The first-order chi connectivity index (χ1) is 12.1. The SMILES string of the molecule is CCc1occc1C(=O)NC(C)c1ccc(NC(=O)NC2CC2)cc1. The average molecular weight is 341 g/mol. The molecular formula is C19H23N3O3. The Morgan fingerprint density at radius 2 is 1.92 bits per heavy atom. The molecule has 0 saturated heterocycles. The molecule has 132 valence electrons. The van der Waals surface area contributed by atoms with Crippen molar-refractivity contribution in [3.63, 3.8) is 0 Å². The average Bonchev–Trinajstić information content (AvgIpc) is 3.27. The number of carbonyl (C=O) groups is 2. The molecule has 1 heterocycles. The second kappa shape index (κ2) is 7.42. The molecule has 1 unspecified atom stereocenters. The minimum Gasteiger partial charge on any atom is -0.469 e. The van der Waals surface area contributed by atoms with Gasteiger partial charge in [0, 0.05) is 18.2 Å². The zero-order valence-electron chi connectivity index (χ0n) is 14.5. The fraction of sp³-hybridized carbons (Fsp3) is 0.368. The number of rotatable bonds is 6. The van der Waals surface area contributed by atoms with Gasteiger partial charge in [0.25, 0.3) is 5.91 Å². The first kappa shape index (κ1) is 17.1. The summed E-state index contributed by atoms with van der Waals surface area (Å²) in [5.41, 5.74) is 2.26. The van der Waals surface area contributed by atoms with Crippen LogP contribution < -0.4 is 16.0 Å². The van der Waals surface area contributed by atoms with Gasteiger partial charge in [0.2, 0.25) is 0 Å². The molecule has 1 aromatic heterocycles. The third-order valence-electron chi connectivity index (χ3n) is 4.24. The van der Waals surface area contributed by atoms with Crippen LogP contribution in [0.3, 0.4) is 0 Å². The Morgan fingerprint density at radius 1 is 1.20 bits per heavy atom. The van der Waals surface area contributed by atoms with Gasteiger partial charge in [0.15, 0.2) is 0 Å². The van der Waals surface area contributed by atoms with Crippen LogP contribution in [-0.4, -0.2) is 18.0 Å². The lowest BCUT2D eigenvalue weighted by atomic mass is 10.1. The lowest BCUT2D eigenvalue weighted by molar-refractivity contribution is 0.0938. The number of aryl methyl sites for hydroxylation is 1. The molecule has 2 aromatic rings. The number of urea groups is 1. The van der Waals surface area contributed by atoms with Crippen LogP contribution in [-0.2, 0) is 6.42 Å². The molecule has 0 bridgehead atoms. The van der Waals surface area contributed by atoms with E-state index in [-0.39, 0.29) is 18.0 Å². The normalized spacial score (nSPS) is 14.6. The number of furan rings is 1. The smallest absolute Gasteiger partial charge is 0.319 e. The maximum absolute atomic E-state index is 12.4. The highest BCUT2D eigenvalue weighted by molar-refractivity contribution is 5.95. The second-order valence-corrected chi connectivity index (χ2v) is 6.30. The predicted octanol–water partition coefficient (Wildman–Crippen LogP) is 3.62. The quantitative estimate of drug-likeness (QED) is 0.750. The number of benzene rings is 1. The van der Waals surface area contributed by atoms with Gasteiger partial charge in [-0.1, -0.05) is 19.1 Å². The summed E-state index contributed by atoms with van der Waals surface area (Å²) < 4.78 is 5.30. The molecular weight excluding hydrogens is 318 g/mol. The van der Waals surface area contributed by atoms with Crippen LogP contribution in [0.25, 0.3) is 0 Å². The molecule has 6 heteroatoms. The molecule has 1 aliphatic rings. The van der Waals surface area contributed by atoms with Gasteiger partial charge >= 0.3 is 6.03 Å². The van der Waals surface area contributed by atoms with E-state index in [0.717, 1.165) is 24.1 Å². The van der Waals surface area contributed by atoms with Crippen molar-refractivity contribution in [2.45, 2.75) is 45.2 Å². The largest absolute Gasteiger partial charge is 0.469 e. The van der Waals surface area contributed by atoms with E-state index in [1.54, 1.807) is 6.07 Å². The van der Waals surface area contributed by atoms with Crippen LogP contribution in [0, 0.1) is 0 Å². The van der Waals surface area contributed by atoms with Gasteiger partial charge < -0.3 is 20.4 Å². The summed E-state index contributed by atoms with van der Waals surface area (Å²) in [5, 5.41) is 8.65. The Balaban J connectivity index is 1.57.